The Morgan fingerprint density at radius 1 is 1.07 bits per heavy atom. The quantitative estimate of drug-likeness (QED) is 0.133. The highest BCUT2D eigenvalue weighted by Gasteiger charge is 2.48. The molecule has 0 saturated carbocycles. The number of carboxylic acid groups (broad SMARTS) is 1. The molecule has 3 heterocycles. The highest BCUT2D eigenvalue weighted by molar-refractivity contribution is 7.59. The molecule has 0 aliphatic carbocycles. The van der Waals surface area contributed by atoms with E-state index in [1.54, 1.807) is 0 Å². The zero-order chi connectivity index (χ0) is 30.2. The van der Waals surface area contributed by atoms with E-state index in [-0.39, 0.29) is 0 Å². The van der Waals surface area contributed by atoms with E-state index >= 15 is 0 Å². The third kappa shape index (κ3) is 7.47. The molecule has 2 saturated heterocycles. The van der Waals surface area contributed by atoms with Crippen LogP contribution in [-0.2, 0) is 41.6 Å². The van der Waals surface area contributed by atoms with Gasteiger partial charge in [0.05, 0.1) is 12.6 Å². The maximum Gasteiger partial charge on any atom is 0.330 e. The first-order valence-corrected chi connectivity index (χ1v) is 13.8. The predicted molar refractivity (Wildman–Crippen MR) is 114 cm³/mol. The summed E-state index contributed by atoms with van der Waals surface area (Å²) in [6, 6.07) is -1.06. The second-order valence-electron chi connectivity index (χ2n) is 8.39. The number of rotatable bonds is 10. The van der Waals surface area contributed by atoms with Crippen LogP contribution in [0.4, 0.5) is 0 Å². The number of hydrogen-bond donors (Lipinski definition) is 6. The fourth-order valence-electron chi connectivity index (χ4n) is 3.72. The summed E-state index contributed by atoms with van der Waals surface area (Å²) in [4.78, 5) is 72.0. The number of nitrogens with zero attached hydrogens (tertiary/aromatic N) is 1. The van der Waals surface area contributed by atoms with Crippen LogP contribution >= 0.6 is 15.6 Å². The second kappa shape index (κ2) is 12.2. The fourth-order valence-corrected chi connectivity index (χ4v) is 5.80. The first-order chi connectivity index (χ1) is 18.4. The summed E-state index contributed by atoms with van der Waals surface area (Å²) >= 11 is 0. The minimum Gasteiger partial charge on any atom is -0.756 e. The molecule has 0 spiro atoms. The predicted octanol–water partition coefficient (Wildman–Crippen LogP) is -7.16. The van der Waals surface area contributed by atoms with Gasteiger partial charge in [0, 0.05) is 19.2 Å². The number of aromatic amines is 1. The lowest BCUT2D eigenvalue weighted by molar-refractivity contribution is -0.340. The van der Waals surface area contributed by atoms with Gasteiger partial charge in [0.25, 0.3) is 21.2 Å². The van der Waals surface area contributed by atoms with Crippen LogP contribution < -0.4 is 31.5 Å². The van der Waals surface area contributed by atoms with E-state index in [0.717, 1.165) is 19.2 Å². The summed E-state index contributed by atoms with van der Waals surface area (Å²) in [5.41, 5.74) is -1.83. The van der Waals surface area contributed by atoms with Gasteiger partial charge in [0.15, 0.2) is 12.5 Å². The number of carbonyl (C=O) groups excluding carboxylic acids is 2. The number of aromatic nitrogens is 2. The Kier molecular flexibility index (Phi) is 9.85. The van der Waals surface area contributed by atoms with Crippen molar-refractivity contribution in [2.24, 2.45) is 0 Å². The van der Waals surface area contributed by atoms with Gasteiger partial charge in [0.2, 0.25) is 5.91 Å². The smallest absolute Gasteiger partial charge is 0.330 e. The third-order valence-electron chi connectivity index (χ3n) is 5.50. The van der Waals surface area contributed by atoms with Crippen molar-refractivity contribution in [1.82, 2.24) is 14.9 Å². The van der Waals surface area contributed by atoms with Crippen molar-refractivity contribution in [1.29, 1.82) is 0 Å². The van der Waals surface area contributed by atoms with Crippen LogP contribution in [0.2, 0.25) is 0 Å². The number of H-pyrrole nitrogens is 1. The van der Waals surface area contributed by atoms with Gasteiger partial charge in [0.1, 0.15) is 42.7 Å². The first-order valence-electron chi connectivity index (χ1n) is 10.9. The van der Waals surface area contributed by atoms with Gasteiger partial charge in [-0.2, -0.15) is 0 Å². The molecule has 1 amide bonds. The molecule has 1 aromatic heterocycles. The van der Waals surface area contributed by atoms with Gasteiger partial charge in [-0.1, -0.05) is 0 Å². The number of nitrogens with one attached hydrogen (secondary N) is 2. The van der Waals surface area contributed by atoms with Gasteiger partial charge in [-0.3, -0.25) is 32.8 Å². The number of phosphoric acid groups is 2. The molecule has 2 fully saturated rings. The fraction of sp³-hybridized carbons (Fsp3) is 0.647. The van der Waals surface area contributed by atoms with Crippen LogP contribution in [0.25, 0.3) is 0 Å². The Labute approximate surface area is 221 Å². The molecule has 2 unspecified atom stereocenters. The molecule has 1 aromatic rings. The highest BCUT2D eigenvalue weighted by Crippen LogP contribution is 2.57. The number of aliphatic hydroxyl groups is 4. The van der Waals surface area contributed by atoms with Gasteiger partial charge >= 0.3 is 5.69 Å². The van der Waals surface area contributed by atoms with Crippen LogP contribution in [0.15, 0.2) is 21.9 Å². The lowest BCUT2D eigenvalue weighted by Gasteiger charge is -2.44. The van der Waals surface area contributed by atoms with Crippen molar-refractivity contribution in [2.75, 3.05) is 6.61 Å². The number of amides is 1. The maximum absolute atomic E-state index is 12.3. The molecule has 0 bridgehead atoms. The molecule has 6 N–H and O–H groups in total. The number of carboxylic acids is 1. The topological polar surface area (TPSA) is 331 Å². The summed E-state index contributed by atoms with van der Waals surface area (Å²) in [7, 11) is -12.0. The Bertz CT molecular complexity index is 1320. The molecular weight excluding hydrogens is 596 g/mol. The van der Waals surface area contributed by atoms with Crippen molar-refractivity contribution in [2.45, 2.75) is 62.1 Å². The van der Waals surface area contributed by atoms with Crippen LogP contribution in [0, 0.1) is 0 Å². The van der Waals surface area contributed by atoms with Crippen molar-refractivity contribution in [3.05, 3.63) is 33.1 Å². The molecule has 226 valence electrons. The lowest BCUT2D eigenvalue weighted by atomic mass is 9.97. The Morgan fingerprint density at radius 2 is 1.73 bits per heavy atom. The Hall–Kier alpha value is -2.36. The number of phosphoric ester groups is 2. The molecule has 21 nitrogen and oxygen atoms in total. The number of aliphatic carboxylic acids is 1. The SMILES string of the molecule is CC(=O)N[C@H]1[C@@H](OP(=O)([O-])OP(=O)([O-])OC[C@H]2O[C@@H](n3ccc(=O)[nH]c3=O)[C@H](O)[C@@H]2O)O[C@H](C(=O)[O-])[C@@H](O)[C@@H]1O. The summed E-state index contributed by atoms with van der Waals surface area (Å²) in [6.07, 6.45) is -15.4. The average molecular weight is 618 g/mol. The second-order valence-corrected chi connectivity index (χ2v) is 11.3. The summed E-state index contributed by atoms with van der Waals surface area (Å²) in [6.45, 7) is -0.289. The van der Waals surface area contributed by atoms with Gasteiger partial charge in [-0.15, -0.1) is 0 Å². The van der Waals surface area contributed by atoms with E-state index < -0.39 is 101 Å². The van der Waals surface area contributed by atoms with Crippen molar-refractivity contribution in [3.8, 4) is 0 Å². The summed E-state index contributed by atoms with van der Waals surface area (Å²) in [5, 5.41) is 53.3. The van der Waals surface area contributed by atoms with E-state index in [0.29, 0.717) is 4.57 Å². The Morgan fingerprint density at radius 3 is 2.30 bits per heavy atom. The molecule has 11 atom stereocenters. The number of hydrogen-bond acceptors (Lipinski definition) is 18. The average Bonchev–Trinajstić information content (AvgIpc) is 3.09. The third-order valence-corrected chi connectivity index (χ3v) is 8.03. The van der Waals surface area contributed by atoms with Gasteiger partial charge < -0.3 is 59.4 Å². The van der Waals surface area contributed by atoms with Crippen molar-refractivity contribution >= 4 is 27.5 Å². The van der Waals surface area contributed by atoms with E-state index in [9.17, 15) is 63.6 Å². The normalized spacial score (nSPS) is 35.4. The van der Waals surface area contributed by atoms with Crippen LogP contribution in [-0.4, -0.2) is 97.4 Å². The highest BCUT2D eigenvalue weighted by atomic mass is 31.3. The molecule has 3 rings (SSSR count). The molecule has 2 aliphatic rings. The molecule has 23 heteroatoms. The van der Waals surface area contributed by atoms with Crippen molar-refractivity contribution < 1.29 is 76.9 Å². The molecule has 0 aromatic carbocycles. The van der Waals surface area contributed by atoms with Gasteiger partial charge in [-0.05, 0) is 0 Å². The molecule has 0 radical (unpaired) electrons. The standard InChI is InChI=1S/C17H25N3O18P2/c1-5(21)18-8-10(24)11(25)13(15(27)28)36-16(8)37-40(32,33)38-39(30,31)34-4-6-9(23)12(26)14(35-6)20-3-2-7(22)19-17(20)29/h2-3,6,8-14,16,23-26H,4H2,1H3,(H,18,21)(H,27,28)(H,30,31)(H,32,33)(H,19,22,29)/p-3/t6-,8-,9-,10-,11+,12-,13+,14-,16-/m1/s1. The molecule has 40 heavy (non-hydrogen) atoms. The van der Waals surface area contributed by atoms with E-state index in [2.05, 4.69) is 13.4 Å². The minimum atomic E-state index is -6.09. The largest absolute Gasteiger partial charge is 0.756 e. The van der Waals surface area contributed by atoms with E-state index in [1.807, 2.05) is 10.3 Å². The lowest BCUT2D eigenvalue weighted by Crippen LogP contribution is -2.66. The van der Waals surface area contributed by atoms with Crippen molar-refractivity contribution in [3.63, 3.8) is 0 Å². The van der Waals surface area contributed by atoms with Crippen LogP contribution in [0.1, 0.15) is 13.2 Å². The number of ether oxygens (including phenoxy) is 2. The monoisotopic (exact) mass is 618 g/mol. The van der Waals surface area contributed by atoms with Crippen LogP contribution in [0.3, 0.4) is 0 Å². The van der Waals surface area contributed by atoms with Crippen LogP contribution in [0.5, 0.6) is 0 Å². The number of carbonyl (C=O) groups is 2. The Balaban J connectivity index is 1.68. The summed E-state index contributed by atoms with van der Waals surface area (Å²) < 4.78 is 47.6. The van der Waals surface area contributed by atoms with E-state index in [1.165, 1.54) is 0 Å². The molecular formula is C17H22N3O18P2-3. The number of aliphatic hydroxyl groups excluding tert-OH is 4. The van der Waals surface area contributed by atoms with Gasteiger partial charge in [-0.25, -0.2) is 9.11 Å². The first kappa shape index (κ1) is 32.2. The van der Waals surface area contributed by atoms with E-state index in [4.69, 9.17) is 9.47 Å². The molecule has 2 aliphatic heterocycles. The minimum absolute atomic E-state index is 0.670. The zero-order valence-electron chi connectivity index (χ0n) is 19.9. The maximum atomic E-state index is 12.3. The zero-order valence-corrected chi connectivity index (χ0v) is 21.7. The summed E-state index contributed by atoms with van der Waals surface area (Å²) in [5.74, 6) is -3.06.